The number of halogens is 3. The topological polar surface area (TPSA) is 53.4 Å². The average molecular weight is 274 g/mol. The number of aromatic nitrogens is 1. The van der Waals surface area contributed by atoms with Crippen molar-refractivity contribution in [2.24, 2.45) is 0 Å². The number of aliphatic carboxylic acids is 1. The van der Waals surface area contributed by atoms with Crippen LogP contribution in [0.1, 0.15) is 25.0 Å². The highest BCUT2D eigenvalue weighted by atomic mass is 19.4. The van der Waals surface area contributed by atoms with Crippen molar-refractivity contribution in [3.63, 3.8) is 0 Å². The van der Waals surface area contributed by atoms with Crippen LogP contribution >= 0.6 is 0 Å². The molecule has 1 N–H and O–H groups in total. The molecule has 1 aromatic rings. The van der Waals surface area contributed by atoms with E-state index in [0.717, 1.165) is 18.9 Å². The molecule has 7 heteroatoms. The van der Waals surface area contributed by atoms with Crippen molar-refractivity contribution in [2.45, 2.75) is 31.5 Å². The van der Waals surface area contributed by atoms with Crippen LogP contribution in [-0.4, -0.2) is 28.6 Å². The lowest BCUT2D eigenvalue weighted by Gasteiger charge is -2.34. The Bertz CT molecular complexity index is 476. The highest BCUT2D eigenvalue weighted by molar-refractivity contribution is 5.78. The van der Waals surface area contributed by atoms with E-state index in [9.17, 15) is 18.0 Å². The van der Waals surface area contributed by atoms with Gasteiger partial charge in [-0.15, -0.1) is 0 Å². The molecule has 0 saturated carbocycles. The number of carbonyl (C=O) groups is 1. The maximum atomic E-state index is 12.6. The van der Waals surface area contributed by atoms with E-state index in [-0.39, 0.29) is 5.82 Å². The summed E-state index contributed by atoms with van der Waals surface area (Å²) in [5.74, 6) is -0.958. The number of hydrogen-bond donors (Lipinski definition) is 1. The Morgan fingerprint density at radius 1 is 1.37 bits per heavy atom. The molecule has 0 amide bonds. The van der Waals surface area contributed by atoms with Gasteiger partial charge in [-0.25, -0.2) is 9.78 Å². The zero-order valence-corrected chi connectivity index (χ0v) is 10.0. The van der Waals surface area contributed by atoms with Gasteiger partial charge in [0.25, 0.3) is 0 Å². The smallest absolute Gasteiger partial charge is 0.433 e. The lowest BCUT2D eigenvalue weighted by atomic mass is 10.0. The molecule has 104 valence electrons. The Morgan fingerprint density at radius 3 is 2.74 bits per heavy atom. The summed E-state index contributed by atoms with van der Waals surface area (Å²) in [6.07, 6.45) is -2.59. The third-order valence-corrected chi connectivity index (χ3v) is 3.11. The molecule has 0 bridgehead atoms. The number of piperidine rings is 1. The van der Waals surface area contributed by atoms with E-state index in [0.29, 0.717) is 13.0 Å². The monoisotopic (exact) mass is 274 g/mol. The molecule has 1 unspecified atom stereocenters. The molecule has 2 heterocycles. The molecular weight excluding hydrogens is 261 g/mol. The molecule has 4 nitrogen and oxygen atoms in total. The largest absolute Gasteiger partial charge is 0.480 e. The van der Waals surface area contributed by atoms with Crippen LogP contribution < -0.4 is 4.90 Å². The fourth-order valence-corrected chi connectivity index (χ4v) is 2.20. The minimum atomic E-state index is -4.52. The van der Waals surface area contributed by atoms with E-state index in [1.54, 1.807) is 0 Å². The first-order valence-corrected chi connectivity index (χ1v) is 5.93. The fraction of sp³-hybridized carbons (Fsp3) is 0.500. The van der Waals surface area contributed by atoms with Crippen LogP contribution in [0.5, 0.6) is 0 Å². The second-order valence-electron chi connectivity index (χ2n) is 4.42. The molecule has 1 aliphatic heterocycles. The SMILES string of the molecule is O=C(O)C1CCCCN1c1cccc(C(F)(F)F)n1. The molecule has 2 rings (SSSR count). The lowest BCUT2D eigenvalue weighted by molar-refractivity contribution is -0.141. The first-order valence-electron chi connectivity index (χ1n) is 5.93. The van der Waals surface area contributed by atoms with Gasteiger partial charge in [0.2, 0.25) is 0 Å². The average Bonchev–Trinajstić information content (AvgIpc) is 2.38. The number of carboxylic acid groups (broad SMARTS) is 1. The van der Waals surface area contributed by atoms with Crippen molar-refractivity contribution in [1.29, 1.82) is 0 Å². The minimum Gasteiger partial charge on any atom is -0.480 e. The van der Waals surface area contributed by atoms with E-state index >= 15 is 0 Å². The van der Waals surface area contributed by atoms with Crippen LogP contribution in [0.3, 0.4) is 0 Å². The molecule has 1 aliphatic rings. The lowest BCUT2D eigenvalue weighted by Crippen LogP contribution is -2.45. The number of alkyl halides is 3. The summed E-state index contributed by atoms with van der Waals surface area (Å²) >= 11 is 0. The van der Waals surface area contributed by atoms with Gasteiger partial charge in [0.1, 0.15) is 17.6 Å². The number of hydrogen-bond acceptors (Lipinski definition) is 3. The van der Waals surface area contributed by atoms with Gasteiger partial charge in [0, 0.05) is 6.54 Å². The van der Waals surface area contributed by atoms with Gasteiger partial charge in [-0.1, -0.05) is 6.07 Å². The molecule has 0 aliphatic carbocycles. The minimum absolute atomic E-state index is 0.0712. The second kappa shape index (κ2) is 5.07. The quantitative estimate of drug-likeness (QED) is 0.900. The fourth-order valence-electron chi connectivity index (χ4n) is 2.20. The molecule has 19 heavy (non-hydrogen) atoms. The van der Waals surface area contributed by atoms with E-state index in [1.807, 2.05) is 0 Å². The maximum absolute atomic E-state index is 12.6. The van der Waals surface area contributed by atoms with Crippen LogP contribution in [0.25, 0.3) is 0 Å². The summed E-state index contributed by atoms with van der Waals surface area (Å²) in [6, 6.07) is 2.74. The first-order chi connectivity index (χ1) is 8.89. The molecular formula is C12H13F3N2O2. The standard InChI is InChI=1S/C12H13F3N2O2/c13-12(14,15)9-5-3-6-10(16-9)17-7-2-1-4-8(17)11(18)19/h3,5-6,8H,1-2,4,7H2,(H,18,19). The third-order valence-electron chi connectivity index (χ3n) is 3.11. The van der Waals surface area contributed by atoms with Gasteiger partial charge in [-0.05, 0) is 31.4 Å². The van der Waals surface area contributed by atoms with Crippen molar-refractivity contribution in [1.82, 2.24) is 4.98 Å². The predicted octanol–water partition coefficient (Wildman–Crippen LogP) is 2.54. The van der Waals surface area contributed by atoms with Crippen LogP contribution in [0.15, 0.2) is 18.2 Å². The molecule has 1 fully saturated rings. The number of nitrogens with zero attached hydrogens (tertiary/aromatic N) is 2. The zero-order chi connectivity index (χ0) is 14.0. The van der Waals surface area contributed by atoms with Gasteiger partial charge in [-0.3, -0.25) is 0 Å². The van der Waals surface area contributed by atoms with Gasteiger partial charge >= 0.3 is 12.1 Å². The van der Waals surface area contributed by atoms with E-state index in [4.69, 9.17) is 5.11 Å². The molecule has 0 spiro atoms. The Kier molecular flexibility index (Phi) is 3.64. The molecule has 0 aromatic carbocycles. The number of anilines is 1. The highest BCUT2D eigenvalue weighted by Gasteiger charge is 2.34. The van der Waals surface area contributed by atoms with Crippen LogP contribution in [0, 0.1) is 0 Å². The summed E-state index contributed by atoms with van der Waals surface area (Å²) in [6.45, 7) is 0.408. The molecule has 1 aromatic heterocycles. The Balaban J connectivity index is 2.32. The summed E-state index contributed by atoms with van der Waals surface area (Å²) < 4.78 is 37.8. The van der Waals surface area contributed by atoms with Gasteiger partial charge in [0.05, 0.1) is 0 Å². The van der Waals surface area contributed by atoms with E-state index in [1.165, 1.54) is 17.0 Å². The summed E-state index contributed by atoms with van der Waals surface area (Å²) in [5, 5.41) is 9.11. The maximum Gasteiger partial charge on any atom is 0.433 e. The highest BCUT2D eigenvalue weighted by Crippen LogP contribution is 2.30. The summed E-state index contributed by atoms with van der Waals surface area (Å²) in [7, 11) is 0. The second-order valence-corrected chi connectivity index (χ2v) is 4.42. The third kappa shape index (κ3) is 2.97. The normalized spacial score (nSPS) is 20.4. The Labute approximate surface area is 107 Å². The number of carboxylic acids is 1. The zero-order valence-electron chi connectivity index (χ0n) is 10.0. The summed E-state index contributed by atoms with van der Waals surface area (Å²) in [5.41, 5.74) is -1.00. The van der Waals surface area contributed by atoms with Crippen molar-refractivity contribution >= 4 is 11.8 Å². The summed E-state index contributed by atoms with van der Waals surface area (Å²) in [4.78, 5) is 16.1. The van der Waals surface area contributed by atoms with Crippen LogP contribution in [0.2, 0.25) is 0 Å². The van der Waals surface area contributed by atoms with Gasteiger partial charge < -0.3 is 10.0 Å². The number of rotatable bonds is 2. The van der Waals surface area contributed by atoms with Crippen molar-refractivity contribution in [3.05, 3.63) is 23.9 Å². The molecule has 1 saturated heterocycles. The van der Waals surface area contributed by atoms with E-state index in [2.05, 4.69) is 4.98 Å². The van der Waals surface area contributed by atoms with Crippen molar-refractivity contribution < 1.29 is 23.1 Å². The van der Waals surface area contributed by atoms with E-state index < -0.39 is 23.9 Å². The van der Waals surface area contributed by atoms with Crippen LogP contribution in [0.4, 0.5) is 19.0 Å². The van der Waals surface area contributed by atoms with Crippen LogP contribution in [-0.2, 0) is 11.0 Å². The van der Waals surface area contributed by atoms with Crippen molar-refractivity contribution in [2.75, 3.05) is 11.4 Å². The van der Waals surface area contributed by atoms with Gasteiger partial charge in [-0.2, -0.15) is 13.2 Å². The number of pyridine rings is 1. The Morgan fingerprint density at radius 2 is 2.11 bits per heavy atom. The van der Waals surface area contributed by atoms with Crippen molar-refractivity contribution in [3.8, 4) is 0 Å². The first kappa shape index (κ1) is 13.6. The Hall–Kier alpha value is -1.79. The predicted molar refractivity (Wildman–Crippen MR) is 61.9 cm³/mol. The van der Waals surface area contributed by atoms with Gasteiger partial charge in [0.15, 0.2) is 0 Å². The molecule has 1 atom stereocenters. The molecule has 0 radical (unpaired) electrons.